The van der Waals surface area contributed by atoms with Gasteiger partial charge in [-0.15, -0.1) is 0 Å². The van der Waals surface area contributed by atoms with Crippen molar-refractivity contribution in [2.24, 2.45) is 4.99 Å². The maximum Gasteiger partial charge on any atom is 2.00 e. The number of nitrogens with zero attached hydrogens (tertiary/aromatic N) is 2. The van der Waals surface area contributed by atoms with Gasteiger partial charge in [0.15, 0.2) is 0 Å². The first-order valence-electron chi connectivity index (χ1n) is 1.82. The molecule has 0 N–H and O–H groups in total. The van der Waals surface area contributed by atoms with Gasteiger partial charge in [0.25, 0.3) is 0 Å². The molecule has 0 aromatic heterocycles. The summed E-state index contributed by atoms with van der Waals surface area (Å²) in [4.78, 5) is 3.92. The molecule has 38 valence electrons. The van der Waals surface area contributed by atoms with Crippen LogP contribution in [0, 0.1) is 0 Å². The second-order valence-corrected chi connectivity index (χ2v) is 2.06. The molecule has 1 heterocycles. The molecule has 0 saturated carbocycles. The fourth-order valence-electron chi connectivity index (χ4n) is 0.357. The van der Waals surface area contributed by atoms with Crippen LogP contribution < -0.4 is 0 Å². The van der Waals surface area contributed by atoms with Gasteiger partial charge in [-0.3, -0.25) is 8.92 Å². The Balaban J connectivity index is -0.000000120. The third-order valence-electron chi connectivity index (χ3n) is 0.650. The second kappa shape index (κ2) is 3.69. The monoisotopic (exact) mass is 174 g/mol. The number of aliphatic imine (C=N–C) groups is 1. The maximum absolute atomic E-state index is 3.92. The summed E-state index contributed by atoms with van der Waals surface area (Å²) in [6, 6.07) is 0. The molecule has 0 amide bonds. The predicted molar refractivity (Wildman–Crippen MR) is 37.0 cm³/mol. The van der Waals surface area contributed by atoms with Gasteiger partial charge in [-0.25, -0.2) is 0 Å². The van der Waals surface area contributed by atoms with Crippen LogP contribution in [0.5, 0.6) is 0 Å². The fraction of sp³-hybridized carbons (Fsp3) is 0.667. The van der Waals surface area contributed by atoms with Gasteiger partial charge < -0.3 is 2.85 Å². The van der Waals surface area contributed by atoms with Crippen LogP contribution in [-0.4, -0.2) is 46.4 Å². The summed E-state index contributed by atoms with van der Waals surface area (Å²) in [5.41, 5.74) is 0. The molecular weight excluding hydrogens is 168 g/mol. The van der Waals surface area contributed by atoms with Gasteiger partial charge in [-0.05, 0) is 0 Å². The minimum Gasteiger partial charge on any atom is -1.00 e. The Morgan fingerprint density at radius 3 is 2.71 bits per heavy atom. The molecule has 0 aliphatic carbocycles. The Morgan fingerprint density at radius 1 is 1.86 bits per heavy atom. The topological polar surface area (TPSA) is 15.6 Å². The molecule has 0 atom stereocenters. The minimum absolute atomic E-state index is 0. The van der Waals surface area contributed by atoms with Crippen molar-refractivity contribution in [3.8, 4) is 0 Å². The van der Waals surface area contributed by atoms with Crippen molar-refractivity contribution in [3.05, 3.63) is 0 Å². The van der Waals surface area contributed by atoms with Crippen LogP contribution in [0.3, 0.4) is 0 Å². The molecule has 0 aromatic carbocycles. The molecule has 0 fully saturated rings. The van der Waals surface area contributed by atoms with Gasteiger partial charge >= 0.3 is 23.1 Å². The van der Waals surface area contributed by atoms with Gasteiger partial charge in [0.2, 0.25) is 0 Å². The van der Waals surface area contributed by atoms with Crippen molar-refractivity contribution in [2.75, 3.05) is 13.1 Å². The molecule has 0 saturated heterocycles. The zero-order valence-electron chi connectivity index (χ0n) is 5.97. The van der Waals surface area contributed by atoms with Crippen molar-refractivity contribution in [3.63, 3.8) is 0 Å². The summed E-state index contributed by atoms with van der Waals surface area (Å²) >= 11 is 3.22. The van der Waals surface area contributed by atoms with Crippen molar-refractivity contribution >= 4 is 45.5 Å². The average Bonchev–Trinajstić information content (AvgIpc) is 1.86. The Labute approximate surface area is 70.4 Å². The van der Waals surface area contributed by atoms with Crippen molar-refractivity contribution < 1.29 is 2.85 Å². The van der Waals surface area contributed by atoms with Gasteiger partial charge in [-0.2, -0.15) is 0 Å². The first-order chi connectivity index (χ1) is 2.89. The molecule has 0 radical (unpaired) electrons. The van der Waals surface area contributed by atoms with E-state index in [-0.39, 0.29) is 25.9 Å². The number of hydrogen-bond acceptors (Lipinski definition) is 2. The van der Waals surface area contributed by atoms with E-state index in [9.17, 15) is 0 Å². The summed E-state index contributed by atoms with van der Waals surface area (Å²) < 4.78 is 1.88. The van der Waals surface area contributed by atoms with Gasteiger partial charge in [0.05, 0.1) is 35.6 Å². The Morgan fingerprint density at radius 2 is 2.57 bits per heavy atom. The van der Waals surface area contributed by atoms with E-state index < -0.39 is 0 Å². The molecule has 1 aliphatic rings. The molecule has 0 spiro atoms. The summed E-state index contributed by atoms with van der Waals surface area (Å²) in [7, 11) is 0. The fourth-order valence-corrected chi connectivity index (χ4v) is 0.645. The standard InChI is InChI=1S/C3H5BrN2.Mg.2H/c4-6-2-1-5-3-6;;;/h3H,1-2H2;;;/q;+2;2*-1. The molecule has 1 aliphatic heterocycles. The Hall–Kier alpha value is 0.716. The minimum atomic E-state index is 0. The third kappa shape index (κ3) is 2.51. The summed E-state index contributed by atoms with van der Waals surface area (Å²) in [5, 5.41) is 0. The summed E-state index contributed by atoms with van der Waals surface area (Å²) in [6.45, 7) is 1.95. The van der Waals surface area contributed by atoms with Crippen LogP contribution >= 0.6 is 16.1 Å². The second-order valence-electron chi connectivity index (χ2n) is 1.14. The Bertz CT molecular complexity index is 82.2. The van der Waals surface area contributed by atoms with Crippen LogP contribution in [0.25, 0.3) is 0 Å². The quantitative estimate of drug-likeness (QED) is 0.386. The number of hydrogen-bond donors (Lipinski definition) is 0. The zero-order chi connectivity index (χ0) is 4.41. The van der Waals surface area contributed by atoms with Crippen molar-refractivity contribution in [2.45, 2.75) is 0 Å². The third-order valence-corrected chi connectivity index (χ3v) is 1.19. The largest absolute Gasteiger partial charge is 2.00 e. The van der Waals surface area contributed by atoms with Crippen LogP contribution in [0.15, 0.2) is 4.99 Å². The molecule has 2 nitrogen and oxygen atoms in total. The first-order valence-corrected chi connectivity index (χ1v) is 2.53. The van der Waals surface area contributed by atoms with E-state index in [1.54, 1.807) is 6.34 Å². The summed E-state index contributed by atoms with van der Waals surface area (Å²) in [6.07, 6.45) is 1.78. The molecule has 1 rings (SSSR count). The number of rotatable bonds is 0. The Kier molecular flexibility index (Phi) is 4.06. The maximum atomic E-state index is 3.92. The van der Waals surface area contributed by atoms with Gasteiger partial charge in [0, 0.05) is 0 Å². The SMILES string of the molecule is BrN1C=NCC1.[H-].[H-].[Mg+2]. The molecule has 0 bridgehead atoms. The van der Waals surface area contributed by atoms with Crippen molar-refractivity contribution in [1.82, 2.24) is 3.93 Å². The normalized spacial score (nSPS) is 17.0. The zero-order valence-corrected chi connectivity index (χ0v) is 6.97. The average molecular weight is 175 g/mol. The molecular formula is C3H7BrMgN2. The van der Waals surface area contributed by atoms with Crippen LogP contribution in [0.2, 0.25) is 0 Å². The van der Waals surface area contributed by atoms with E-state index in [0.29, 0.717) is 0 Å². The van der Waals surface area contributed by atoms with Crippen LogP contribution in [0.1, 0.15) is 2.85 Å². The predicted octanol–water partition coefficient (Wildman–Crippen LogP) is 0.484. The molecule has 4 heteroatoms. The van der Waals surface area contributed by atoms with Gasteiger partial charge in [-0.1, -0.05) is 0 Å². The summed E-state index contributed by atoms with van der Waals surface area (Å²) in [5.74, 6) is 0. The van der Waals surface area contributed by atoms with E-state index in [4.69, 9.17) is 0 Å². The molecule has 0 unspecified atom stereocenters. The van der Waals surface area contributed by atoms with E-state index in [1.165, 1.54) is 0 Å². The smallest absolute Gasteiger partial charge is 1.00 e. The van der Waals surface area contributed by atoms with E-state index in [1.807, 2.05) is 3.93 Å². The van der Waals surface area contributed by atoms with E-state index >= 15 is 0 Å². The van der Waals surface area contributed by atoms with Gasteiger partial charge in [0.1, 0.15) is 0 Å². The van der Waals surface area contributed by atoms with E-state index in [0.717, 1.165) is 13.1 Å². The number of halogens is 1. The van der Waals surface area contributed by atoms with Crippen LogP contribution in [-0.2, 0) is 0 Å². The first kappa shape index (κ1) is 7.72. The van der Waals surface area contributed by atoms with Crippen LogP contribution in [0.4, 0.5) is 0 Å². The van der Waals surface area contributed by atoms with E-state index in [2.05, 4.69) is 21.1 Å². The molecule has 7 heavy (non-hydrogen) atoms. The van der Waals surface area contributed by atoms with Crippen molar-refractivity contribution in [1.29, 1.82) is 0 Å². The molecule has 0 aromatic rings.